The van der Waals surface area contributed by atoms with Gasteiger partial charge in [0.05, 0.1) is 11.0 Å². The number of benzene rings is 1. The molecule has 1 aromatic carbocycles. The summed E-state index contributed by atoms with van der Waals surface area (Å²) in [6, 6.07) is 5.02. The summed E-state index contributed by atoms with van der Waals surface area (Å²) in [7, 11) is 1.69. The number of imidazole rings is 1. The van der Waals surface area contributed by atoms with Crippen LogP contribution in [0, 0.1) is 6.92 Å². The lowest BCUT2D eigenvalue weighted by Gasteiger charge is -2.22. The van der Waals surface area contributed by atoms with E-state index in [1.54, 1.807) is 7.05 Å². The molecule has 2 heterocycles. The van der Waals surface area contributed by atoms with Crippen LogP contribution in [0.3, 0.4) is 0 Å². The molecule has 1 aliphatic heterocycles. The van der Waals surface area contributed by atoms with Crippen molar-refractivity contribution < 1.29 is 9.59 Å². The molecule has 1 fully saturated rings. The van der Waals surface area contributed by atoms with E-state index in [0.29, 0.717) is 6.42 Å². The van der Waals surface area contributed by atoms with Crippen LogP contribution in [0.4, 0.5) is 0 Å². The smallest absolute Gasteiger partial charge is 0.295 e. The van der Waals surface area contributed by atoms with E-state index in [1.165, 1.54) is 9.13 Å². The molecule has 1 saturated heterocycles. The van der Waals surface area contributed by atoms with Crippen molar-refractivity contribution in [3.8, 4) is 0 Å². The van der Waals surface area contributed by atoms with E-state index >= 15 is 0 Å². The molecular formula is C16H21N3O3. The first kappa shape index (κ1) is 16.0. The Morgan fingerprint density at radius 2 is 1.86 bits per heavy atom. The molecule has 0 spiro atoms. The number of fused-ring (bicyclic) bond motifs is 1. The van der Waals surface area contributed by atoms with Crippen molar-refractivity contribution in [1.82, 2.24) is 14.5 Å². The van der Waals surface area contributed by atoms with Gasteiger partial charge in [0.25, 0.3) is 0 Å². The minimum absolute atomic E-state index is 0.233. The first-order valence-corrected chi connectivity index (χ1v) is 7.51. The van der Waals surface area contributed by atoms with Gasteiger partial charge in [-0.3, -0.25) is 24.0 Å². The Hall–Kier alpha value is -2.37. The normalized spacial score (nSPS) is 17.9. The van der Waals surface area contributed by atoms with Crippen molar-refractivity contribution in [3.05, 3.63) is 34.2 Å². The van der Waals surface area contributed by atoms with Crippen molar-refractivity contribution in [2.75, 3.05) is 0 Å². The number of hydrogen-bond donors (Lipinski definition) is 1. The molecule has 0 bridgehead atoms. The summed E-state index contributed by atoms with van der Waals surface area (Å²) in [5, 5.41) is 2.30. The van der Waals surface area contributed by atoms with Gasteiger partial charge in [0.15, 0.2) is 0 Å². The van der Waals surface area contributed by atoms with E-state index in [1.807, 2.05) is 39.0 Å². The lowest BCUT2D eigenvalue weighted by atomic mass is 10.1. The number of imide groups is 1. The van der Waals surface area contributed by atoms with E-state index in [2.05, 4.69) is 5.32 Å². The molecule has 1 atom stereocenters. The Balaban J connectivity index is 0.000000847. The zero-order valence-electron chi connectivity index (χ0n) is 13.3. The number of carbonyl (C=O) groups is 2. The minimum atomic E-state index is -0.620. The van der Waals surface area contributed by atoms with E-state index in [-0.39, 0.29) is 18.0 Å². The SMILES string of the molecule is CC.Cc1cccc2c1n(C1CCC(=O)NC1=O)c(=O)n2C. The number of nitrogens with zero attached hydrogens (tertiary/aromatic N) is 2. The average molecular weight is 303 g/mol. The fourth-order valence-electron chi connectivity index (χ4n) is 2.81. The van der Waals surface area contributed by atoms with Crippen LogP contribution >= 0.6 is 0 Å². The number of piperidine rings is 1. The topological polar surface area (TPSA) is 73.1 Å². The fourth-order valence-corrected chi connectivity index (χ4v) is 2.81. The van der Waals surface area contributed by atoms with Gasteiger partial charge < -0.3 is 0 Å². The summed E-state index contributed by atoms with van der Waals surface area (Å²) in [4.78, 5) is 35.7. The van der Waals surface area contributed by atoms with Gasteiger partial charge in [-0.1, -0.05) is 26.0 Å². The second-order valence-corrected chi connectivity index (χ2v) is 5.12. The molecule has 2 amide bonds. The highest BCUT2D eigenvalue weighted by atomic mass is 16.2. The highest BCUT2D eigenvalue weighted by Gasteiger charge is 2.31. The van der Waals surface area contributed by atoms with Crippen LogP contribution in [-0.2, 0) is 16.6 Å². The molecule has 1 aromatic heterocycles. The molecule has 3 rings (SSSR count). The third kappa shape index (κ3) is 2.45. The monoisotopic (exact) mass is 303 g/mol. The van der Waals surface area contributed by atoms with Crippen molar-refractivity contribution in [2.24, 2.45) is 7.05 Å². The molecule has 22 heavy (non-hydrogen) atoms. The van der Waals surface area contributed by atoms with Gasteiger partial charge in [0.2, 0.25) is 11.8 Å². The quantitative estimate of drug-likeness (QED) is 0.814. The summed E-state index contributed by atoms with van der Waals surface area (Å²) in [6.07, 6.45) is 0.614. The van der Waals surface area contributed by atoms with Gasteiger partial charge in [0.1, 0.15) is 6.04 Å². The number of hydrogen-bond acceptors (Lipinski definition) is 3. The lowest BCUT2D eigenvalue weighted by Crippen LogP contribution is -2.44. The van der Waals surface area contributed by atoms with Crippen LogP contribution in [0.25, 0.3) is 11.0 Å². The number of amides is 2. The largest absolute Gasteiger partial charge is 0.329 e. The van der Waals surface area contributed by atoms with E-state index in [4.69, 9.17) is 0 Å². The van der Waals surface area contributed by atoms with E-state index in [0.717, 1.165) is 16.6 Å². The molecule has 6 nitrogen and oxygen atoms in total. The average Bonchev–Trinajstić information content (AvgIpc) is 2.76. The summed E-state index contributed by atoms with van der Waals surface area (Å²) < 4.78 is 3.04. The van der Waals surface area contributed by atoms with Gasteiger partial charge in [-0.25, -0.2) is 4.79 Å². The maximum Gasteiger partial charge on any atom is 0.329 e. The van der Waals surface area contributed by atoms with Gasteiger partial charge in [0, 0.05) is 13.5 Å². The highest BCUT2D eigenvalue weighted by molar-refractivity contribution is 6.00. The molecule has 0 radical (unpaired) electrons. The summed E-state index contributed by atoms with van der Waals surface area (Å²) in [5.74, 6) is -0.685. The van der Waals surface area contributed by atoms with Crippen LogP contribution in [0.1, 0.15) is 38.3 Å². The van der Waals surface area contributed by atoms with Crippen molar-refractivity contribution in [2.45, 2.75) is 39.7 Å². The van der Waals surface area contributed by atoms with Crippen LogP contribution in [0.5, 0.6) is 0 Å². The standard InChI is InChI=1S/C14H15N3O3.C2H6/c1-8-4-3-5-9-12(8)17(14(20)16(9)2)10-6-7-11(18)15-13(10)19;1-2/h3-5,10H,6-7H2,1-2H3,(H,15,18,19);1-2H3. The molecule has 1 aliphatic rings. The molecule has 118 valence electrons. The molecule has 2 aromatic rings. The molecule has 0 aliphatic carbocycles. The fraction of sp³-hybridized carbons (Fsp3) is 0.438. The Labute approximate surface area is 128 Å². The van der Waals surface area contributed by atoms with Crippen molar-refractivity contribution in [3.63, 3.8) is 0 Å². The summed E-state index contributed by atoms with van der Waals surface area (Å²) in [6.45, 7) is 5.91. The Kier molecular flexibility index (Phi) is 4.49. The number of nitrogens with one attached hydrogen (secondary N) is 1. The molecule has 0 saturated carbocycles. The molecule has 6 heteroatoms. The number of carbonyl (C=O) groups excluding carboxylic acids is 2. The predicted molar refractivity (Wildman–Crippen MR) is 84.7 cm³/mol. The minimum Gasteiger partial charge on any atom is -0.295 e. The number of para-hydroxylation sites is 1. The zero-order chi connectivity index (χ0) is 16.4. The van der Waals surface area contributed by atoms with Crippen molar-refractivity contribution in [1.29, 1.82) is 0 Å². The molecule has 1 N–H and O–H groups in total. The summed E-state index contributed by atoms with van der Waals surface area (Å²) >= 11 is 0. The molecule has 1 unspecified atom stereocenters. The van der Waals surface area contributed by atoms with Crippen LogP contribution < -0.4 is 11.0 Å². The Morgan fingerprint density at radius 1 is 1.18 bits per heavy atom. The van der Waals surface area contributed by atoms with Crippen molar-refractivity contribution >= 4 is 22.8 Å². The van der Waals surface area contributed by atoms with Gasteiger partial charge >= 0.3 is 5.69 Å². The number of rotatable bonds is 1. The van der Waals surface area contributed by atoms with Crippen LogP contribution in [-0.4, -0.2) is 20.9 Å². The summed E-state index contributed by atoms with van der Waals surface area (Å²) in [5.41, 5.74) is 2.25. The third-order valence-electron chi connectivity index (χ3n) is 3.83. The first-order valence-electron chi connectivity index (χ1n) is 7.51. The van der Waals surface area contributed by atoms with Gasteiger partial charge in [-0.15, -0.1) is 0 Å². The van der Waals surface area contributed by atoms with Gasteiger partial charge in [-0.2, -0.15) is 0 Å². The second kappa shape index (κ2) is 6.17. The van der Waals surface area contributed by atoms with E-state index in [9.17, 15) is 14.4 Å². The van der Waals surface area contributed by atoms with Gasteiger partial charge in [-0.05, 0) is 25.0 Å². The third-order valence-corrected chi connectivity index (χ3v) is 3.83. The van der Waals surface area contributed by atoms with Crippen LogP contribution in [0.2, 0.25) is 0 Å². The van der Waals surface area contributed by atoms with E-state index < -0.39 is 11.9 Å². The maximum atomic E-state index is 12.4. The highest BCUT2D eigenvalue weighted by Crippen LogP contribution is 2.24. The second-order valence-electron chi connectivity index (χ2n) is 5.12. The lowest BCUT2D eigenvalue weighted by molar-refractivity contribution is -0.135. The first-order chi connectivity index (χ1) is 10.5. The Morgan fingerprint density at radius 3 is 2.50 bits per heavy atom. The number of aryl methyl sites for hydroxylation is 2. The number of aromatic nitrogens is 2. The predicted octanol–water partition coefficient (Wildman–Crippen LogP) is 1.65. The zero-order valence-corrected chi connectivity index (χ0v) is 13.3. The molecular weight excluding hydrogens is 282 g/mol. The Bertz CT molecular complexity index is 786. The van der Waals surface area contributed by atoms with Crippen LogP contribution in [0.15, 0.2) is 23.0 Å². The maximum absolute atomic E-state index is 12.4.